The van der Waals surface area contributed by atoms with Crippen LogP contribution in [0.2, 0.25) is 0 Å². The first kappa shape index (κ1) is 22.0. The Labute approximate surface area is 185 Å². The highest BCUT2D eigenvalue weighted by Gasteiger charge is 2.23. The number of amides is 1. The lowest BCUT2D eigenvalue weighted by Crippen LogP contribution is -2.37. The van der Waals surface area contributed by atoms with E-state index >= 15 is 0 Å². The van der Waals surface area contributed by atoms with Crippen LogP contribution in [-0.2, 0) is 11.3 Å². The highest BCUT2D eigenvalue weighted by atomic mass is 79.9. The first-order valence-electron chi connectivity index (χ1n) is 9.85. The molecular weight excluding hydrogens is 446 g/mol. The fourth-order valence-corrected chi connectivity index (χ4v) is 3.52. The molecule has 0 aliphatic carbocycles. The number of hydrogen-bond acceptors (Lipinski definition) is 5. The summed E-state index contributed by atoms with van der Waals surface area (Å²) in [5.74, 6) is 1.74. The summed E-state index contributed by atoms with van der Waals surface area (Å²) in [4.78, 5) is 18.8. The smallest absolute Gasteiger partial charge is 0.263 e. The third kappa shape index (κ3) is 5.27. The van der Waals surface area contributed by atoms with Crippen molar-refractivity contribution in [1.82, 2.24) is 15.0 Å². The normalized spacial score (nSPS) is 12.1. The molecule has 1 atom stereocenters. The second-order valence-electron chi connectivity index (χ2n) is 7.67. The quantitative estimate of drug-likeness (QED) is 0.463. The van der Waals surface area contributed by atoms with Gasteiger partial charge in [-0.05, 0) is 49.1 Å². The Morgan fingerprint density at radius 1 is 1.20 bits per heavy atom. The molecule has 7 heteroatoms. The lowest BCUT2D eigenvalue weighted by molar-refractivity contribution is -0.137. The van der Waals surface area contributed by atoms with Crippen LogP contribution in [0.15, 0.2) is 51.5 Å². The Morgan fingerprint density at radius 3 is 2.67 bits per heavy atom. The Balaban J connectivity index is 1.67. The van der Waals surface area contributed by atoms with E-state index in [1.165, 1.54) is 4.90 Å². The largest absolute Gasteiger partial charge is 0.481 e. The number of aryl methyl sites for hydroxylation is 1. The second kappa shape index (κ2) is 9.43. The van der Waals surface area contributed by atoms with Crippen molar-refractivity contribution >= 4 is 21.8 Å². The molecule has 0 aliphatic heterocycles. The molecule has 0 fully saturated rings. The van der Waals surface area contributed by atoms with Gasteiger partial charge in [0, 0.05) is 17.1 Å². The molecule has 3 aromatic rings. The van der Waals surface area contributed by atoms with Crippen molar-refractivity contribution < 1.29 is 14.1 Å². The first-order valence-corrected chi connectivity index (χ1v) is 10.6. The maximum Gasteiger partial charge on any atom is 0.263 e. The molecule has 1 aromatic heterocycles. The Kier molecular flexibility index (Phi) is 6.92. The fourth-order valence-electron chi connectivity index (χ4n) is 3.12. The molecule has 1 amide bonds. The van der Waals surface area contributed by atoms with Gasteiger partial charge in [-0.3, -0.25) is 4.79 Å². The minimum Gasteiger partial charge on any atom is -0.481 e. The molecule has 3 rings (SSSR count). The highest BCUT2D eigenvalue weighted by molar-refractivity contribution is 9.10. The monoisotopic (exact) mass is 471 g/mol. The van der Waals surface area contributed by atoms with Crippen LogP contribution in [0.5, 0.6) is 5.75 Å². The summed E-state index contributed by atoms with van der Waals surface area (Å²) >= 11 is 3.43. The van der Waals surface area contributed by atoms with Crippen molar-refractivity contribution in [2.24, 2.45) is 0 Å². The van der Waals surface area contributed by atoms with Crippen molar-refractivity contribution in [2.75, 3.05) is 7.05 Å². The van der Waals surface area contributed by atoms with Gasteiger partial charge in [0.2, 0.25) is 11.7 Å². The minimum absolute atomic E-state index is 0.159. The van der Waals surface area contributed by atoms with E-state index in [9.17, 15) is 4.79 Å². The van der Waals surface area contributed by atoms with Gasteiger partial charge in [0.1, 0.15) is 5.75 Å². The van der Waals surface area contributed by atoms with E-state index in [1.54, 1.807) is 14.0 Å². The molecule has 0 unspecified atom stereocenters. The van der Waals surface area contributed by atoms with Crippen LogP contribution in [0.4, 0.5) is 0 Å². The first-order chi connectivity index (χ1) is 14.2. The van der Waals surface area contributed by atoms with Crippen molar-refractivity contribution in [3.8, 4) is 17.1 Å². The molecule has 0 aliphatic rings. The summed E-state index contributed by atoms with van der Waals surface area (Å²) in [6, 6.07) is 13.7. The van der Waals surface area contributed by atoms with Gasteiger partial charge >= 0.3 is 0 Å². The lowest BCUT2D eigenvalue weighted by atomic mass is 10.0. The van der Waals surface area contributed by atoms with E-state index in [2.05, 4.69) is 52.1 Å². The predicted octanol–water partition coefficient (Wildman–Crippen LogP) is 5.36. The third-order valence-electron chi connectivity index (χ3n) is 4.74. The number of nitrogens with zero attached hydrogens (tertiary/aromatic N) is 3. The summed E-state index contributed by atoms with van der Waals surface area (Å²) in [6.07, 6.45) is -0.637. The Bertz CT molecular complexity index is 1030. The van der Waals surface area contributed by atoms with Crippen LogP contribution < -0.4 is 4.74 Å². The number of hydrogen-bond donors (Lipinski definition) is 0. The van der Waals surface area contributed by atoms with Gasteiger partial charge in [-0.25, -0.2) is 0 Å². The molecule has 0 saturated heterocycles. The summed E-state index contributed by atoms with van der Waals surface area (Å²) in [6.45, 7) is 8.18. The SMILES string of the molecule is Cc1ccc(C(C)C)c(O[C@H](C)C(=O)N(C)Cc2nc(-c3cccc(Br)c3)no2)c1. The highest BCUT2D eigenvalue weighted by Crippen LogP contribution is 2.28. The second-order valence-corrected chi connectivity index (χ2v) is 8.59. The number of benzene rings is 2. The summed E-state index contributed by atoms with van der Waals surface area (Å²) < 4.78 is 12.3. The lowest BCUT2D eigenvalue weighted by Gasteiger charge is -2.23. The molecule has 0 spiro atoms. The summed E-state index contributed by atoms with van der Waals surface area (Å²) in [5, 5.41) is 4.02. The van der Waals surface area contributed by atoms with E-state index < -0.39 is 6.10 Å². The van der Waals surface area contributed by atoms with Gasteiger partial charge in [0.05, 0.1) is 6.54 Å². The van der Waals surface area contributed by atoms with E-state index in [0.29, 0.717) is 17.6 Å². The number of carbonyl (C=O) groups excluding carboxylic acids is 1. The number of carbonyl (C=O) groups is 1. The molecule has 0 N–H and O–H groups in total. The average Bonchev–Trinajstić information content (AvgIpc) is 3.15. The molecule has 158 valence electrons. The summed E-state index contributed by atoms with van der Waals surface area (Å²) in [7, 11) is 1.70. The van der Waals surface area contributed by atoms with Crippen LogP contribution in [-0.4, -0.2) is 34.1 Å². The average molecular weight is 472 g/mol. The zero-order chi connectivity index (χ0) is 21.8. The molecule has 1 heterocycles. The third-order valence-corrected chi connectivity index (χ3v) is 5.24. The van der Waals surface area contributed by atoms with E-state index in [-0.39, 0.29) is 12.5 Å². The van der Waals surface area contributed by atoms with Crippen molar-refractivity contribution in [3.05, 3.63) is 64.0 Å². The topological polar surface area (TPSA) is 68.5 Å². The molecule has 2 aromatic carbocycles. The maximum atomic E-state index is 12.8. The van der Waals surface area contributed by atoms with Crippen LogP contribution in [0.25, 0.3) is 11.4 Å². The van der Waals surface area contributed by atoms with E-state index in [0.717, 1.165) is 26.9 Å². The molecule has 0 bridgehead atoms. The van der Waals surface area contributed by atoms with Crippen LogP contribution in [0.3, 0.4) is 0 Å². The number of likely N-dealkylation sites (N-methyl/N-ethyl adjacent to an activating group) is 1. The fraction of sp³-hybridized carbons (Fsp3) is 0.348. The Hall–Kier alpha value is -2.67. The predicted molar refractivity (Wildman–Crippen MR) is 119 cm³/mol. The van der Waals surface area contributed by atoms with Gasteiger partial charge in [0.25, 0.3) is 5.91 Å². The zero-order valence-corrected chi connectivity index (χ0v) is 19.4. The van der Waals surface area contributed by atoms with Crippen molar-refractivity contribution in [3.63, 3.8) is 0 Å². The van der Waals surface area contributed by atoms with Gasteiger partial charge < -0.3 is 14.2 Å². The number of ether oxygens (including phenoxy) is 1. The van der Waals surface area contributed by atoms with Gasteiger partial charge in [-0.15, -0.1) is 0 Å². The van der Waals surface area contributed by atoms with E-state index in [1.807, 2.05) is 37.3 Å². The standard InChI is InChI=1S/C23H26BrN3O3/c1-14(2)19-10-9-15(3)11-20(19)29-16(4)23(28)27(5)13-21-25-22(26-30-21)17-7-6-8-18(24)12-17/h6-12,14,16H,13H2,1-5H3/t16-/m1/s1. The van der Waals surface area contributed by atoms with Crippen molar-refractivity contribution in [1.29, 1.82) is 0 Å². The zero-order valence-electron chi connectivity index (χ0n) is 17.8. The number of halogens is 1. The maximum absolute atomic E-state index is 12.8. The van der Waals surface area contributed by atoms with Crippen LogP contribution in [0.1, 0.15) is 43.7 Å². The molecule has 30 heavy (non-hydrogen) atoms. The summed E-state index contributed by atoms with van der Waals surface area (Å²) in [5.41, 5.74) is 3.01. The Morgan fingerprint density at radius 2 is 1.97 bits per heavy atom. The van der Waals surface area contributed by atoms with Gasteiger partial charge in [0.15, 0.2) is 6.10 Å². The van der Waals surface area contributed by atoms with Gasteiger partial charge in [-0.2, -0.15) is 4.98 Å². The number of rotatable bonds is 7. The molecular formula is C23H26BrN3O3. The van der Waals surface area contributed by atoms with Gasteiger partial charge in [-0.1, -0.05) is 59.2 Å². The molecule has 0 radical (unpaired) electrons. The minimum atomic E-state index is -0.637. The van der Waals surface area contributed by atoms with Crippen LogP contribution >= 0.6 is 15.9 Å². The molecule has 0 saturated carbocycles. The van der Waals surface area contributed by atoms with Crippen LogP contribution in [0, 0.1) is 6.92 Å². The van der Waals surface area contributed by atoms with Crippen molar-refractivity contribution in [2.45, 2.75) is 46.3 Å². The molecule has 6 nitrogen and oxygen atoms in total. The van der Waals surface area contributed by atoms with E-state index in [4.69, 9.17) is 9.26 Å². The number of aromatic nitrogens is 2.